The maximum atomic E-state index is 11.5. The molecule has 0 fully saturated rings. The van der Waals surface area contributed by atoms with Gasteiger partial charge in [-0.25, -0.2) is 5.48 Å². The summed E-state index contributed by atoms with van der Waals surface area (Å²) in [5.41, 5.74) is 4.20. The largest absolute Gasteiger partial charge is 0.277 e. The van der Waals surface area contributed by atoms with Crippen LogP contribution in [0.1, 0.15) is 43.1 Å². The minimum Gasteiger partial charge on any atom is -0.277 e. The highest BCUT2D eigenvalue weighted by atomic mass is 16.6. The van der Waals surface area contributed by atoms with Gasteiger partial charge in [0.05, 0.1) is 7.11 Å². The molecule has 0 radical (unpaired) electrons. The monoisotopic (exact) mass is 249 g/mol. The molecule has 0 spiro atoms. The van der Waals surface area contributed by atoms with E-state index in [2.05, 4.69) is 31.1 Å². The Hall–Kier alpha value is -1.35. The van der Waals surface area contributed by atoms with Gasteiger partial charge in [-0.05, 0) is 42.4 Å². The SMILES string of the molecule is CONC(=O)c1ccc(CCC(C)C(C)C)cc1. The van der Waals surface area contributed by atoms with Crippen LogP contribution in [0.3, 0.4) is 0 Å². The molecule has 0 aliphatic heterocycles. The second-order valence-electron chi connectivity index (χ2n) is 5.09. The number of rotatable bonds is 6. The van der Waals surface area contributed by atoms with Crippen molar-refractivity contribution in [2.45, 2.75) is 33.6 Å². The number of nitrogens with one attached hydrogen (secondary N) is 1. The molecule has 0 heterocycles. The lowest BCUT2D eigenvalue weighted by molar-refractivity contribution is 0.0537. The fourth-order valence-corrected chi connectivity index (χ4v) is 1.70. The summed E-state index contributed by atoms with van der Waals surface area (Å²) in [5.74, 6) is 1.23. The van der Waals surface area contributed by atoms with Crippen molar-refractivity contribution in [2.75, 3.05) is 7.11 Å². The predicted molar refractivity (Wildman–Crippen MR) is 73.2 cm³/mol. The molecule has 1 unspecified atom stereocenters. The summed E-state index contributed by atoms with van der Waals surface area (Å²) in [4.78, 5) is 16.1. The number of aryl methyl sites for hydroxylation is 1. The van der Waals surface area contributed by atoms with E-state index in [4.69, 9.17) is 0 Å². The highest BCUT2D eigenvalue weighted by molar-refractivity contribution is 5.93. The predicted octanol–water partition coefficient (Wildman–Crippen LogP) is 3.20. The highest BCUT2D eigenvalue weighted by Crippen LogP contribution is 2.17. The Labute approximate surface area is 109 Å². The molecule has 1 rings (SSSR count). The Morgan fingerprint density at radius 2 is 1.83 bits per heavy atom. The van der Waals surface area contributed by atoms with Gasteiger partial charge < -0.3 is 0 Å². The first kappa shape index (κ1) is 14.7. The van der Waals surface area contributed by atoms with E-state index < -0.39 is 0 Å². The van der Waals surface area contributed by atoms with Gasteiger partial charge in [-0.15, -0.1) is 0 Å². The van der Waals surface area contributed by atoms with Crippen molar-refractivity contribution >= 4 is 5.91 Å². The van der Waals surface area contributed by atoms with Gasteiger partial charge in [0.1, 0.15) is 0 Å². The Morgan fingerprint density at radius 3 is 2.33 bits per heavy atom. The highest BCUT2D eigenvalue weighted by Gasteiger charge is 2.08. The molecule has 1 aromatic rings. The molecule has 0 aliphatic rings. The summed E-state index contributed by atoms with van der Waals surface area (Å²) in [6.45, 7) is 6.79. The molecule has 1 N–H and O–H groups in total. The van der Waals surface area contributed by atoms with Gasteiger partial charge in [0.15, 0.2) is 0 Å². The molecule has 1 atom stereocenters. The molecule has 0 saturated heterocycles. The zero-order chi connectivity index (χ0) is 13.5. The van der Waals surface area contributed by atoms with Crippen LogP contribution in [0.4, 0.5) is 0 Å². The normalized spacial score (nSPS) is 12.5. The first-order valence-electron chi connectivity index (χ1n) is 6.47. The second-order valence-corrected chi connectivity index (χ2v) is 5.09. The summed E-state index contributed by atoms with van der Waals surface area (Å²) in [6, 6.07) is 7.70. The van der Waals surface area contributed by atoms with Crippen molar-refractivity contribution in [1.82, 2.24) is 5.48 Å². The van der Waals surface area contributed by atoms with Crippen LogP contribution in [0.2, 0.25) is 0 Å². The average molecular weight is 249 g/mol. The Balaban J connectivity index is 2.53. The van der Waals surface area contributed by atoms with E-state index in [-0.39, 0.29) is 5.91 Å². The van der Waals surface area contributed by atoms with Gasteiger partial charge in [0.2, 0.25) is 0 Å². The molecule has 1 aromatic carbocycles. The summed E-state index contributed by atoms with van der Waals surface area (Å²) in [7, 11) is 1.43. The third-order valence-electron chi connectivity index (χ3n) is 3.44. The zero-order valence-corrected chi connectivity index (χ0v) is 11.7. The molecular formula is C15H23NO2. The van der Waals surface area contributed by atoms with Gasteiger partial charge in [0.25, 0.3) is 5.91 Å². The van der Waals surface area contributed by atoms with Crippen molar-refractivity contribution in [3.8, 4) is 0 Å². The molecule has 100 valence electrons. The summed E-state index contributed by atoms with van der Waals surface area (Å²) in [5, 5.41) is 0. The first-order chi connectivity index (χ1) is 8.54. The van der Waals surface area contributed by atoms with Crippen LogP contribution < -0.4 is 5.48 Å². The lowest BCUT2D eigenvalue weighted by Gasteiger charge is -2.15. The van der Waals surface area contributed by atoms with Crippen molar-refractivity contribution in [3.63, 3.8) is 0 Å². The molecular weight excluding hydrogens is 226 g/mol. The van der Waals surface area contributed by atoms with Crippen LogP contribution in [0.15, 0.2) is 24.3 Å². The van der Waals surface area contributed by atoms with E-state index in [9.17, 15) is 4.79 Å². The van der Waals surface area contributed by atoms with Crippen LogP contribution in [-0.4, -0.2) is 13.0 Å². The van der Waals surface area contributed by atoms with Crippen LogP contribution in [0.5, 0.6) is 0 Å². The van der Waals surface area contributed by atoms with Crippen molar-refractivity contribution in [2.24, 2.45) is 11.8 Å². The Morgan fingerprint density at radius 1 is 1.22 bits per heavy atom. The molecule has 18 heavy (non-hydrogen) atoms. The molecule has 0 bridgehead atoms. The standard InChI is InChI=1S/C15H23NO2/c1-11(2)12(3)5-6-13-7-9-14(10-8-13)15(17)16-18-4/h7-12H,5-6H2,1-4H3,(H,16,17). The average Bonchev–Trinajstić information content (AvgIpc) is 2.36. The molecule has 0 aliphatic carbocycles. The minimum atomic E-state index is -0.209. The maximum Gasteiger partial charge on any atom is 0.274 e. The second kappa shape index (κ2) is 7.17. The third kappa shape index (κ3) is 4.49. The van der Waals surface area contributed by atoms with Crippen molar-refractivity contribution < 1.29 is 9.63 Å². The Kier molecular flexibility index (Phi) is 5.86. The molecule has 0 saturated carbocycles. The van der Waals surface area contributed by atoms with E-state index in [1.54, 1.807) is 0 Å². The summed E-state index contributed by atoms with van der Waals surface area (Å²) >= 11 is 0. The third-order valence-corrected chi connectivity index (χ3v) is 3.44. The van der Waals surface area contributed by atoms with Gasteiger partial charge in [-0.1, -0.05) is 32.9 Å². The molecule has 3 heteroatoms. The number of hydrogen-bond donors (Lipinski definition) is 1. The lowest BCUT2D eigenvalue weighted by atomic mass is 9.91. The van der Waals surface area contributed by atoms with Gasteiger partial charge in [0, 0.05) is 5.56 Å². The van der Waals surface area contributed by atoms with Crippen LogP contribution in [0, 0.1) is 11.8 Å². The van der Waals surface area contributed by atoms with E-state index in [1.807, 2.05) is 24.3 Å². The zero-order valence-electron chi connectivity index (χ0n) is 11.7. The van der Waals surface area contributed by atoms with Crippen molar-refractivity contribution in [1.29, 1.82) is 0 Å². The van der Waals surface area contributed by atoms with Crippen LogP contribution in [0.25, 0.3) is 0 Å². The van der Waals surface area contributed by atoms with Gasteiger partial charge in [-0.3, -0.25) is 9.63 Å². The number of hydroxylamine groups is 1. The van der Waals surface area contributed by atoms with Gasteiger partial charge >= 0.3 is 0 Å². The van der Waals surface area contributed by atoms with Crippen LogP contribution in [-0.2, 0) is 11.3 Å². The quantitative estimate of drug-likeness (QED) is 0.786. The molecule has 0 aromatic heterocycles. The Bertz CT molecular complexity index is 371. The molecule has 1 amide bonds. The van der Waals surface area contributed by atoms with E-state index >= 15 is 0 Å². The fraction of sp³-hybridized carbons (Fsp3) is 0.533. The first-order valence-corrected chi connectivity index (χ1v) is 6.47. The topological polar surface area (TPSA) is 38.3 Å². The number of amides is 1. The fourth-order valence-electron chi connectivity index (χ4n) is 1.70. The lowest BCUT2D eigenvalue weighted by Crippen LogP contribution is -2.21. The van der Waals surface area contributed by atoms with Gasteiger partial charge in [-0.2, -0.15) is 0 Å². The number of carbonyl (C=O) groups is 1. The van der Waals surface area contributed by atoms with E-state index in [1.165, 1.54) is 19.1 Å². The van der Waals surface area contributed by atoms with E-state index in [0.717, 1.165) is 18.3 Å². The number of hydrogen-bond acceptors (Lipinski definition) is 2. The smallest absolute Gasteiger partial charge is 0.274 e. The number of carbonyl (C=O) groups excluding carboxylic acids is 1. The number of benzene rings is 1. The summed E-state index contributed by atoms with van der Waals surface area (Å²) < 4.78 is 0. The van der Waals surface area contributed by atoms with Crippen molar-refractivity contribution in [3.05, 3.63) is 35.4 Å². The summed E-state index contributed by atoms with van der Waals surface area (Å²) in [6.07, 6.45) is 2.24. The van der Waals surface area contributed by atoms with Crippen LogP contribution >= 0.6 is 0 Å². The van der Waals surface area contributed by atoms with E-state index in [0.29, 0.717) is 5.56 Å². The maximum absolute atomic E-state index is 11.5. The minimum absolute atomic E-state index is 0.209. The molecule has 3 nitrogen and oxygen atoms in total.